The molecule has 0 saturated carbocycles. The first-order valence-electron chi connectivity index (χ1n) is 8.80. The molecular formula is C21H19NO4S. The molecule has 5 nitrogen and oxygen atoms in total. The fourth-order valence-corrected chi connectivity index (χ4v) is 3.98. The van der Waals surface area contributed by atoms with Crippen LogP contribution < -0.4 is 10.4 Å². The van der Waals surface area contributed by atoms with Crippen LogP contribution in [-0.2, 0) is 0 Å². The van der Waals surface area contributed by atoms with Gasteiger partial charge in [0.25, 0.3) is 5.91 Å². The van der Waals surface area contributed by atoms with Crippen LogP contribution in [0.3, 0.4) is 0 Å². The summed E-state index contributed by atoms with van der Waals surface area (Å²) in [7, 11) is 0. The summed E-state index contributed by atoms with van der Waals surface area (Å²) in [6.07, 6.45) is 0.610. The van der Waals surface area contributed by atoms with E-state index in [0.29, 0.717) is 30.2 Å². The zero-order chi connectivity index (χ0) is 18.8. The van der Waals surface area contributed by atoms with Gasteiger partial charge < -0.3 is 14.1 Å². The summed E-state index contributed by atoms with van der Waals surface area (Å²) in [5.74, 6) is 1.00. The summed E-state index contributed by atoms with van der Waals surface area (Å²) in [6.45, 7) is 2.85. The van der Waals surface area contributed by atoms with Crippen LogP contribution >= 0.6 is 11.3 Å². The molecule has 0 spiro atoms. The molecule has 1 unspecified atom stereocenters. The predicted octanol–water partition coefficient (Wildman–Crippen LogP) is 3.97. The maximum Gasteiger partial charge on any atom is 0.339 e. The average molecular weight is 381 g/mol. The maximum atomic E-state index is 12.8. The molecule has 0 N–H and O–H groups in total. The van der Waals surface area contributed by atoms with E-state index in [2.05, 4.69) is 6.07 Å². The number of carbonyl (C=O) groups excluding carboxylic acids is 1. The number of likely N-dealkylation sites (tertiary alicyclic amines) is 1. The van der Waals surface area contributed by atoms with Crippen molar-refractivity contribution in [2.24, 2.45) is 0 Å². The Balaban J connectivity index is 1.41. The lowest BCUT2D eigenvalue weighted by molar-refractivity contribution is 0.0772. The van der Waals surface area contributed by atoms with Gasteiger partial charge in [0.15, 0.2) is 0 Å². The lowest BCUT2D eigenvalue weighted by atomic mass is 10.1. The minimum Gasteiger partial charge on any atom is -0.488 e. The Kier molecular flexibility index (Phi) is 4.81. The molecule has 1 aliphatic rings. The lowest BCUT2D eigenvalue weighted by Crippen LogP contribution is -2.31. The monoisotopic (exact) mass is 381 g/mol. The second kappa shape index (κ2) is 7.40. The Morgan fingerprint density at radius 1 is 1.22 bits per heavy atom. The highest BCUT2D eigenvalue weighted by atomic mass is 32.1. The lowest BCUT2D eigenvalue weighted by Gasteiger charge is -2.17. The maximum absolute atomic E-state index is 12.8. The van der Waals surface area contributed by atoms with Crippen molar-refractivity contribution >= 4 is 17.2 Å². The van der Waals surface area contributed by atoms with E-state index < -0.39 is 5.63 Å². The summed E-state index contributed by atoms with van der Waals surface area (Å²) in [5.41, 5.74) is 1.36. The number of amides is 1. The Labute approximate surface area is 160 Å². The number of thiophene rings is 1. The highest BCUT2D eigenvalue weighted by Gasteiger charge is 2.28. The van der Waals surface area contributed by atoms with Crippen molar-refractivity contribution < 1.29 is 13.9 Å². The number of carbonyl (C=O) groups is 1. The van der Waals surface area contributed by atoms with Crippen LogP contribution in [-0.4, -0.2) is 30.0 Å². The third-order valence-electron chi connectivity index (χ3n) is 4.54. The van der Waals surface area contributed by atoms with Crippen molar-refractivity contribution in [2.75, 3.05) is 13.1 Å². The summed E-state index contributed by atoms with van der Waals surface area (Å²) in [5, 5.41) is 2.04. The van der Waals surface area contributed by atoms with Gasteiger partial charge in [-0.1, -0.05) is 18.2 Å². The first-order chi connectivity index (χ1) is 13.1. The van der Waals surface area contributed by atoms with Crippen LogP contribution in [0.2, 0.25) is 0 Å². The highest BCUT2D eigenvalue weighted by molar-refractivity contribution is 7.13. The van der Waals surface area contributed by atoms with Crippen molar-refractivity contribution in [3.63, 3.8) is 0 Å². The van der Waals surface area contributed by atoms with Gasteiger partial charge in [0, 0.05) is 29.5 Å². The third kappa shape index (κ3) is 3.95. The second-order valence-electron chi connectivity index (χ2n) is 6.56. The molecular weight excluding hydrogens is 362 g/mol. The largest absolute Gasteiger partial charge is 0.488 e. The SMILES string of the molecule is Cc1cc(OC2CCN(C(=O)c3ccc(-c4cccs4)cc3)C2)cc(=O)o1. The first kappa shape index (κ1) is 17.5. The minimum absolute atomic E-state index is 0.00239. The van der Waals surface area contributed by atoms with Gasteiger partial charge in [-0.05, 0) is 36.1 Å². The number of aryl methyl sites for hydroxylation is 1. The van der Waals surface area contributed by atoms with Gasteiger partial charge >= 0.3 is 5.63 Å². The second-order valence-corrected chi connectivity index (χ2v) is 7.50. The van der Waals surface area contributed by atoms with Crippen LogP contribution in [0.4, 0.5) is 0 Å². The van der Waals surface area contributed by atoms with Crippen LogP contribution in [0.25, 0.3) is 10.4 Å². The number of rotatable bonds is 4. The Morgan fingerprint density at radius 2 is 2.04 bits per heavy atom. The van der Waals surface area contributed by atoms with E-state index in [1.807, 2.05) is 35.7 Å². The van der Waals surface area contributed by atoms with E-state index in [0.717, 1.165) is 12.0 Å². The molecule has 0 aliphatic carbocycles. The molecule has 3 heterocycles. The fourth-order valence-electron chi connectivity index (χ4n) is 3.25. The van der Waals surface area contributed by atoms with E-state index in [-0.39, 0.29) is 12.0 Å². The molecule has 0 bridgehead atoms. The zero-order valence-electron chi connectivity index (χ0n) is 14.9. The molecule has 138 valence electrons. The minimum atomic E-state index is -0.429. The normalized spacial score (nSPS) is 16.5. The van der Waals surface area contributed by atoms with Crippen molar-refractivity contribution in [2.45, 2.75) is 19.4 Å². The van der Waals surface area contributed by atoms with Gasteiger partial charge in [-0.3, -0.25) is 4.79 Å². The van der Waals surface area contributed by atoms with Crippen LogP contribution in [0.1, 0.15) is 22.5 Å². The van der Waals surface area contributed by atoms with Gasteiger partial charge in [0.1, 0.15) is 17.6 Å². The van der Waals surface area contributed by atoms with E-state index in [1.54, 1.807) is 29.2 Å². The number of hydrogen-bond acceptors (Lipinski definition) is 5. The van der Waals surface area contributed by atoms with E-state index in [4.69, 9.17) is 9.15 Å². The molecule has 3 aromatic rings. The molecule has 1 fully saturated rings. The zero-order valence-corrected chi connectivity index (χ0v) is 15.7. The van der Waals surface area contributed by atoms with Gasteiger partial charge in [-0.2, -0.15) is 0 Å². The standard InChI is InChI=1S/C21H19NO4S/c1-14-11-18(12-20(23)25-14)26-17-8-9-22(13-17)21(24)16-6-4-15(5-7-16)19-3-2-10-27-19/h2-7,10-12,17H,8-9,13H2,1H3. The number of ether oxygens (including phenoxy) is 1. The Morgan fingerprint density at radius 3 is 2.74 bits per heavy atom. The molecule has 1 saturated heterocycles. The average Bonchev–Trinajstić information content (AvgIpc) is 3.32. The highest BCUT2D eigenvalue weighted by Crippen LogP contribution is 2.25. The summed E-state index contributed by atoms with van der Waals surface area (Å²) >= 11 is 1.68. The summed E-state index contributed by atoms with van der Waals surface area (Å²) in [6, 6.07) is 14.8. The number of hydrogen-bond donors (Lipinski definition) is 0. The topological polar surface area (TPSA) is 59.8 Å². The molecule has 4 rings (SSSR count). The summed E-state index contributed by atoms with van der Waals surface area (Å²) < 4.78 is 10.8. The van der Waals surface area contributed by atoms with Crippen molar-refractivity contribution in [1.29, 1.82) is 0 Å². The van der Waals surface area contributed by atoms with Gasteiger partial charge in [0.2, 0.25) is 0 Å². The van der Waals surface area contributed by atoms with E-state index in [1.165, 1.54) is 10.9 Å². The predicted molar refractivity (Wildman–Crippen MR) is 104 cm³/mol. The molecule has 2 aromatic heterocycles. The van der Waals surface area contributed by atoms with Gasteiger partial charge in [0.05, 0.1) is 12.6 Å². The third-order valence-corrected chi connectivity index (χ3v) is 5.46. The van der Waals surface area contributed by atoms with Gasteiger partial charge in [-0.25, -0.2) is 4.79 Å². The van der Waals surface area contributed by atoms with Crippen molar-refractivity contribution in [3.05, 3.63) is 75.7 Å². The first-order valence-corrected chi connectivity index (χ1v) is 9.68. The number of nitrogens with zero attached hydrogens (tertiary/aromatic N) is 1. The number of benzene rings is 1. The van der Waals surface area contributed by atoms with E-state index >= 15 is 0 Å². The van der Waals surface area contributed by atoms with E-state index in [9.17, 15) is 9.59 Å². The van der Waals surface area contributed by atoms with Crippen molar-refractivity contribution in [1.82, 2.24) is 4.90 Å². The Bertz CT molecular complexity index is 992. The smallest absolute Gasteiger partial charge is 0.339 e. The van der Waals surface area contributed by atoms with Crippen LogP contribution in [0, 0.1) is 6.92 Å². The molecule has 1 atom stereocenters. The van der Waals surface area contributed by atoms with Gasteiger partial charge in [-0.15, -0.1) is 11.3 Å². The molecule has 1 aromatic carbocycles. The summed E-state index contributed by atoms with van der Waals surface area (Å²) in [4.78, 5) is 27.2. The Hall–Kier alpha value is -2.86. The molecule has 0 radical (unpaired) electrons. The van der Waals surface area contributed by atoms with Crippen LogP contribution in [0.15, 0.2) is 63.1 Å². The molecule has 27 heavy (non-hydrogen) atoms. The quantitative estimate of drug-likeness (QED) is 0.686. The molecule has 1 aliphatic heterocycles. The van der Waals surface area contributed by atoms with Crippen LogP contribution in [0.5, 0.6) is 5.75 Å². The molecule has 6 heteroatoms. The molecule has 1 amide bonds. The van der Waals surface area contributed by atoms with Crippen molar-refractivity contribution in [3.8, 4) is 16.2 Å². The fraction of sp³-hybridized carbons (Fsp3) is 0.238.